The summed E-state index contributed by atoms with van der Waals surface area (Å²) in [6.45, 7) is 2.38. The van der Waals surface area contributed by atoms with Crippen LogP contribution >= 0.6 is 0 Å². The average Bonchev–Trinajstić information content (AvgIpc) is 3.10. The van der Waals surface area contributed by atoms with Gasteiger partial charge in [-0.15, -0.1) is 0 Å². The summed E-state index contributed by atoms with van der Waals surface area (Å²) in [6.07, 6.45) is 3.37. The SMILES string of the molecule is CNCc1cc(C)c(-c2nc3c(-c4cccnc4)n[nH]c3cc2C#N)c(F)c1. The summed E-state index contributed by atoms with van der Waals surface area (Å²) in [5.74, 6) is -0.403. The fourth-order valence-electron chi connectivity index (χ4n) is 3.35. The minimum atomic E-state index is -0.403. The van der Waals surface area contributed by atoms with Gasteiger partial charge in [0.1, 0.15) is 23.1 Å². The van der Waals surface area contributed by atoms with Crippen molar-refractivity contribution in [2.75, 3.05) is 7.05 Å². The largest absolute Gasteiger partial charge is 0.316 e. The maximum Gasteiger partial charge on any atom is 0.133 e. The fourth-order valence-corrected chi connectivity index (χ4v) is 3.35. The summed E-state index contributed by atoms with van der Waals surface area (Å²) in [5, 5.41) is 19.9. The van der Waals surface area contributed by atoms with Crippen molar-refractivity contribution in [3.63, 3.8) is 0 Å². The molecule has 138 valence electrons. The molecule has 0 amide bonds. The quantitative estimate of drug-likeness (QED) is 0.570. The molecule has 0 atom stereocenters. The lowest BCUT2D eigenvalue weighted by Gasteiger charge is -2.12. The van der Waals surface area contributed by atoms with Crippen LogP contribution in [0.15, 0.2) is 42.7 Å². The maximum atomic E-state index is 15.0. The Morgan fingerprint density at radius 2 is 2.11 bits per heavy atom. The highest BCUT2D eigenvalue weighted by atomic mass is 19.1. The normalized spacial score (nSPS) is 10.9. The van der Waals surface area contributed by atoms with Crippen LogP contribution in [-0.4, -0.2) is 27.2 Å². The second-order valence-electron chi connectivity index (χ2n) is 6.51. The number of nitrogens with one attached hydrogen (secondary N) is 2. The number of fused-ring (bicyclic) bond motifs is 1. The van der Waals surface area contributed by atoms with Crippen LogP contribution in [0.25, 0.3) is 33.5 Å². The van der Waals surface area contributed by atoms with Gasteiger partial charge in [0.05, 0.1) is 16.8 Å². The minimum absolute atomic E-state index is 0.289. The van der Waals surface area contributed by atoms with Crippen molar-refractivity contribution >= 4 is 11.0 Å². The van der Waals surface area contributed by atoms with Crippen LogP contribution in [0.1, 0.15) is 16.7 Å². The van der Waals surface area contributed by atoms with Gasteiger partial charge in [0, 0.05) is 30.1 Å². The van der Waals surface area contributed by atoms with Gasteiger partial charge < -0.3 is 5.32 Å². The molecule has 0 bridgehead atoms. The van der Waals surface area contributed by atoms with E-state index in [0.29, 0.717) is 34.5 Å². The van der Waals surface area contributed by atoms with E-state index in [-0.39, 0.29) is 5.56 Å². The first-order chi connectivity index (χ1) is 13.6. The molecule has 0 spiro atoms. The lowest BCUT2D eigenvalue weighted by atomic mass is 9.98. The standard InChI is InChI=1S/C21H17FN6/c1-12-6-13(10-24-2)7-16(22)18(12)19-15(9-23)8-17-21(26-19)20(28-27-17)14-4-3-5-25-11-14/h3-8,11,24H,10H2,1-2H3,(H,27,28). The van der Waals surface area contributed by atoms with Crippen molar-refractivity contribution in [3.05, 3.63) is 65.2 Å². The number of benzene rings is 1. The molecule has 0 aliphatic heterocycles. The van der Waals surface area contributed by atoms with Crippen molar-refractivity contribution in [1.29, 1.82) is 5.26 Å². The van der Waals surface area contributed by atoms with Crippen LogP contribution in [-0.2, 0) is 6.54 Å². The first-order valence-electron chi connectivity index (χ1n) is 8.76. The third-order valence-electron chi connectivity index (χ3n) is 4.56. The van der Waals surface area contributed by atoms with E-state index in [0.717, 1.165) is 16.7 Å². The molecular weight excluding hydrogens is 355 g/mol. The van der Waals surface area contributed by atoms with E-state index in [1.54, 1.807) is 18.5 Å². The lowest BCUT2D eigenvalue weighted by Crippen LogP contribution is -2.06. The Hall–Kier alpha value is -3.63. The summed E-state index contributed by atoms with van der Waals surface area (Å²) in [7, 11) is 1.81. The van der Waals surface area contributed by atoms with Crippen molar-refractivity contribution < 1.29 is 4.39 Å². The predicted molar refractivity (Wildman–Crippen MR) is 105 cm³/mol. The number of pyridine rings is 2. The molecule has 3 heterocycles. The Labute approximate surface area is 161 Å². The molecule has 7 heteroatoms. The maximum absolute atomic E-state index is 15.0. The van der Waals surface area contributed by atoms with Gasteiger partial charge in [-0.2, -0.15) is 10.4 Å². The Kier molecular flexibility index (Phi) is 4.55. The van der Waals surface area contributed by atoms with Crippen LogP contribution in [0.3, 0.4) is 0 Å². The zero-order chi connectivity index (χ0) is 19.7. The number of hydrogen-bond donors (Lipinski definition) is 2. The van der Waals surface area contributed by atoms with Crippen molar-refractivity contribution in [2.24, 2.45) is 0 Å². The van der Waals surface area contributed by atoms with E-state index < -0.39 is 5.82 Å². The summed E-state index contributed by atoms with van der Waals surface area (Å²) >= 11 is 0. The molecule has 3 aromatic heterocycles. The van der Waals surface area contributed by atoms with Gasteiger partial charge in [-0.25, -0.2) is 9.37 Å². The molecule has 0 saturated carbocycles. The molecule has 0 aliphatic carbocycles. The molecule has 1 aromatic carbocycles. The van der Waals surface area contributed by atoms with E-state index in [4.69, 9.17) is 0 Å². The number of halogens is 1. The first-order valence-corrected chi connectivity index (χ1v) is 8.76. The highest BCUT2D eigenvalue weighted by molar-refractivity contribution is 5.92. The summed E-state index contributed by atoms with van der Waals surface area (Å²) in [5.41, 5.74) is 5.07. The van der Waals surface area contributed by atoms with Gasteiger partial charge in [-0.1, -0.05) is 6.07 Å². The number of hydrogen-bond acceptors (Lipinski definition) is 5. The summed E-state index contributed by atoms with van der Waals surface area (Å²) < 4.78 is 15.0. The first kappa shape index (κ1) is 17.8. The second-order valence-corrected chi connectivity index (χ2v) is 6.51. The Bertz CT molecular complexity index is 1180. The number of nitrogens with zero attached hydrogens (tertiary/aromatic N) is 4. The van der Waals surface area contributed by atoms with E-state index in [9.17, 15) is 9.65 Å². The van der Waals surface area contributed by atoms with Crippen LogP contribution in [0.5, 0.6) is 0 Å². The highest BCUT2D eigenvalue weighted by Gasteiger charge is 2.19. The van der Waals surface area contributed by atoms with Gasteiger partial charge in [0.2, 0.25) is 0 Å². The van der Waals surface area contributed by atoms with Gasteiger partial charge in [0.25, 0.3) is 0 Å². The molecule has 0 fully saturated rings. The smallest absolute Gasteiger partial charge is 0.133 e. The highest BCUT2D eigenvalue weighted by Crippen LogP contribution is 2.33. The van der Waals surface area contributed by atoms with Gasteiger partial charge in [-0.05, 0) is 49.4 Å². The van der Waals surface area contributed by atoms with Crippen LogP contribution in [0, 0.1) is 24.1 Å². The molecule has 28 heavy (non-hydrogen) atoms. The summed E-state index contributed by atoms with van der Waals surface area (Å²) in [6, 6.07) is 10.8. The zero-order valence-corrected chi connectivity index (χ0v) is 15.4. The van der Waals surface area contributed by atoms with Gasteiger partial charge in [0.15, 0.2) is 0 Å². The molecule has 2 N–H and O–H groups in total. The topological polar surface area (TPSA) is 90.3 Å². The monoisotopic (exact) mass is 372 g/mol. The molecule has 4 aromatic rings. The third-order valence-corrected chi connectivity index (χ3v) is 4.56. The third kappa shape index (κ3) is 3.00. The number of aryl methyl sites for hydroxylation is 1. The van der Waals surface area contributed by atoms with Crippen LogP contribution in [0.2, 0.25) is 0 Å². The fraction of sp³-hybridized carbons (Fsp3) is 0.143. The predicted octanol–water partition coefficient (Wildman–Crippen LogP) is 3.73. The number of aromatic nitrogens is 4. The van der Waals surface area contributed by atoms with Crippen molar-refractivity contribution in [1.82, 2.24) is 25.5 Å². The molecule has 4 rings (SSSR count). The molecule has 0 unspecified atom stereocenters. The van der Waals surface area contributed by atoms with E-state index >= 15 is 0 Å². The van der Waals surface area contributed by atoms with Gasteiger partial charge >= 0.3 is 0 Å². The summed E-state index contributed by atoms with van der Waals surface area (Å²) in [4.78, 5) is 8.77. The zero-order valence-electron chi connectivity index (χ0n) is 15.4. The number of rotatable bonds is 4. The minimum Gasteiger partial charge on any atom is -0.316 e. The van der Waals surface area contributed by atoms with Crippen LogP contribution < -0.4 is 5.32 Å². The average molecular weight is 372 g/mol. The molecule has 0 radical (unpaired) electrons. The Morgan fingerprint density at radius 1 is 1.25 bits per heavy atom. The van der Waals surface area contributed by atoms with Gasteiger partial charge in [-0.3, -0.25) is 10.1 Å². The van der Waals surface area contributed by atoms with E-state index in [1.807, 2.05) is 32.2 Å². The molecule has 6 nitrogen and oxygen atoms in total. The second kappa shape index (κ2) is 7.18. The lowest BCUT2D eigenvalue weighted by molar-refractivity contribution is 0.625. The van der Waals surface area contributed by atoms with Crippen molar-refractivity contribution in [3.8, 4) is 28.6 Å². The number of nitriles is 1. The molecule has 0 aliphatic rings. The Morgan fingerprint density at radius 3 is 2.79 bits per heavy atom. The van der Waals surface area contributed by atoms with Crippen molar-refractivity contribution in [2.45, 2.75) is 13.5 Å². The number of aromatic amines is 1. The van der Waals surface area contributed by atoms with Crippen LogP contribution in [0.4, 0.5) is 4.39 Å². The van der Waals surface area contributed by atoms with E-state index in [2.05, 4.69) is 31.6 Å². The molecule has 0 saturated heterocycles. The van der Waals surface area contributed by atoms with E-state index in [1.165, 1.54) is 6.07 Å². The molecular formula is C21H17FN6. The Balaban J connectivity index is 1.96. The number of H-pyrrole nitrogens is 1.